The number of aromatic nitrogens is 4. The predicted octanol–water partition coefficient (Wildman–Crippen LogP) is 0.270. The van der Waals surface area contributed by atoms with Gasteiger partial charge in [0.2, 0.25) is 0 Å². The van der Waals surface area contributed by atoms with E-state index in [2.05, 4.69) is 15.1 Å². The molecule has 0 saturated carbocycles. The Morgan fingerprint density at radius 3 is 3.00 bits per heavy atom. The van der Waals surface area contributed by atoms with Crippen LogP contribution in [-0.2, 0) is 17.6 Å². The molecule has 0 spiro atoms. The molecule has 2 aromatic heterocycles. The van der Waals surface area contributed by atoms with Gasteiger partial charge in [-0.3, -0.25) is 9.59 Å². The summed E-state index contributed by atoms with van der Waals surface area (Å²) in [6.07, 6.45) is 3.42. The quantitative estimate of drug-likeness (QED) is 0.816. The van der Waals surface area contributed by atoms with Crippen molar-refractivity contribution in [2.24, 2.45) is 0 Å². The van der Waals surface area contributed by atoms with Gasteiger partial charge in [-0.05, 0) is 12.8 Å². The zero-order valence-electron chi connectivity index (χ0n) is 9.46. The van der Waals surface area contributed by atoms with Crippen LogP contribution < -0.4 is 0 Å². The Morgan fingerprint density at radius 2 is 2.22 bits per heavy atom. The third kappa shape index (κ3) is 1.73. The Balaban J connectivity index is 2.11. The number of hydrogen-bond donors (Lipinski definition) is 1. The van der Waals surface area contributed by atoms with Gasteiger partial charge in [0, 0.05) is 12.6 Å². The zero-order chi connectivity index (χ0) is 12.7. The summed E-state index contributed by atoms with van der Waals surface area (Å²) in [5.41, 5.74) is 1.30. The number of carbonyl (C=O) groups excluding carboxylic acids is 1. The van der Waals surface area contributed by atoms with Crippen molar-refractivity contribution in [3.8, 4) is 0 Å². The van der Waals surface area contributed by atoms with Crippen molar-refractivity contribution in [2.75, 3.05) is 0 Å². The summed E-state index contributed by atoms with van der Waals surface area (Å²) in [5.74, 6) is -0.392. The molecule has 1 aliphatic carbocycles. The summed E-state index contributed by atoms with van der Waals surface area (Å²) in [6, 6.07) is 0. The molecule has 0 bridgehead atoms. The van der Waals surface area contributed by atoms with Gasteiger partial charge in [-0.2, -0.15) is 4.98 Å². The summed E-state index contributed by atoms with van der Waals surface area (Å²) in [6.45, 7) is 0. The van der Waals surface area contributed by atoms with Crippen molar-refractivity contribution >= 4 is 17.5 Å². The summed E-state index contributed by atoms with van der Waals surface area (Å²) < 4.78 is 1.38. The van der Waals surface area contributed by atoms with E-state index in [1.54, 1.807) is 6.20 Å². The van der Waals surface area contributed by atoms with Crippen molar-refractivity contribution < 1.29 is 14.7 Å². The van der Waals surface area contributed by atoms with Crippen LogP contribution in [0.25, 0.3) is 5.78 Å². The predicted molar refractivity (Wildman–Crippen MR) is 59.4 cm³/mol. The molecule has 0 aromatic carbocycles. The first kappa shape index (κ1) is 10.8. The van der Waals surface area contributed by atoms with Crippen molar-refractivity contribution in [2.45, 2.75) is 25.7 Å². The van der Waals surface area contributed by atoms with Gasteiger partial charge in [0.15, 0.2) is 11.6 Å². The van der Waals surface area contributed by atoms with E-state index in [4.69, 9.17) is 5.11 Å². The van der Waals surface area contributed by atoms with Crippen LogP contribution in [0.4, 0.5) is 0 Å². The second-order valence-corrected chi connectivity index (χ2v) is 4.22. The van der Waals surface area contributed by atoms with E-state index in [-0.39, 0.29) is 18.0 Å². The number of aryl methyl sites for hydroxylation is 1. The van der Waals surface area contributed by atoms with E-state index in [0.29, 0.717) is 17.8 Å². The van der Waals surface area contributed by atoms with Gasteiger partial charge in [-0.15, -0.1) is 5.10 Å². The second kappa shape index (κ2) is 3.86. The molecule has 7 nitrogen and oxygen atoms in total. The molecule has 1 N–H and O–H groups in total. The lowest BCUT2D eigenvalue weighted by Crippen LogP contribution is -2.14. The number of fused-ring (bicyclic) bond motifs is 2. The van der Waals surface area contributed by atoms with E-state index in [0.717, 1.165) is 18.5 Å². The molecule has 92 valence electrons. The SMILES string of the molecule is O=C(O)Cc1nc2nc3c(cn2n1)C(=O)CCC3. The van der Waals surface area contributed by atoms with E-state index in [1.807, 2.05) is 0 Å². The van der Waals surface area contributed by atoms with Crippen molar-refractivity contribution in [1.82, 2.24) is 19.6 Å². The minimum Gasteiger partial charge on any atom is -0.481 e. The first-order chi connectivity index (χ1) is 8.63. The fourth-order valence-electron chi connectivity index (χ4n) is 2.08. The topological polar surface area (TPSA) is 97.4 Å². The van der Waals surface area contributed by atoms with Gasteiger partial charge < -0.3 is 5.11 Å². The molecular formula is C11H10N4O3. The Bertz CT molecular complexity index is 662. The highest BCUT2D eigenvalue weighted by Gasteiger charge is 2.20. The minimum atomic E-state index is -0.994. The first-order valence-electron chi connectivity index (χ1n) is 5.63. The standard InChI is InChI=1S/C11H10N4O3/c16-8-3-1-2-7-6(8)5-15-11(12-7)13-9(14-15)4-10(17)18/h5H,1-4H2,(H,17,18). The normalized spacial score (nSPS) is 14.8. The Hall–Kier alpha value is -2.31. The summed E-state index contributed by atoms with van der Waals surface area (Å²) in [5, 5.41) is 12.7. The number of carbonyl (C=O) groups is 2. The summed E-state index contributed by atoms with van der Waals surface area (Å²) >= 11 is 0. The minimum absolute atomic E-state index is 0.0564. The second-order valence-electron chi connectivity index (χ2n) is 4.22. The lowest BCUT2D eigenvalue weighted by molar-refractivity contribution is -0.136. The Labute approximate surface area is 101 Å². The Morgan fingerprint density at radius 1 is 1.39 bits per heavy atom. The van der Waals surface area contributed by atoms with Crippen LogP contribution in [0.1, 0.15) is 34.7 Å². The fraction of sp³-hybridized carbons (Fsp3) is 0.364. The molecule has 2 heterocycles. The number of aliphatic carboxylic acids is 1. The molecule has 0 unspecified atom stereocenters. The molecular weight excluding hydrogens is 236 g/mol. The van der Waals surface area contributed by atoms with Crippen LogP contribution in [0.15, 0.2) is 6.20 Å². The average Bonchev–Trinajstić information content (AvgIpc) is 2.67. The maximum atomic E-state index is 11.7. The van der Waals surface area contributed by atoms with Gasteiger partial charge >= 0.3 is 5.97 Å². The molecule has 2 aromatic rings. The monoisotopic (exact) mass is 246 g/mol. The van der Waals surface area contributed by atoms with Gasteiger partial charge in [0.25, 0.3) is 5.78 Å². The number of hydrogen-bond acceptors (Lipinski definition) is 5. The fourth-order valence-corrected chi connectivity index (χ4v) is 2.08. The smallest absolute Gasteiger partial charge is 0.311 e. The maximum Gasteiger partial charge on any atom is 0.311 e. The van der Waals surface area contributed by atoms with Gasteiger partial charge in [0.1, 0.15) is 6.42 Å². The van der Waals surface area contributed by atoms with Crippen LogP contribution in [0, 0.1) is 0 Å². The zero-order valence-corrected chi connectivity index (χ0v) is 9.46. The largest absolute Gasteiger partial charge is 0.481 e. The summed E-state index contributed by atoms with van der Waals surface area (Å²) in [7, 11) is 0. The van der Waals surface area contributed by atoms with Crippen LogP contribution in [0.2, 0.25) is 0 Å². The first-order valence-corrected chi connectivity index (χ1v) is 5.63. The van der Waals surface area contributed by atoms with Crippen LogP contribution in [0.3, 0.4) is 0 Å². The van der Waals surface area contributed by atoms with Crippen LogP contribution in [0.5, 0.6) is 0 Å². The number of Topliss-reactive ketones (excluding diaryl/α,β-unsaturated/α-hetero) is 1. The van der Waals surface area contributed by atoms with E-state index in [9.17, 15) is 9.59 Å². The van der Waals surface area contributed by atoms with Crippen molar-refractivity contribution in [3.05, 3.63) is 23.3 Å². The van der Waals surface area contributed by atoms with Gasteiger partial charge in [-0.1, -0.05) is 0 Å². The van der Waals surface area contributed by atoms with Crippen molar-refractivity contribution in [3.63, 3.8) is 0 Å². The van der Waals surface area contributed by atoms with Crippen LogP contribution in [-0.4, -0.2) is 36.4 Å². The van der Waals surface area contributed by atoms with E-state index < -0.39 is 5.97 Å². The lowest BCUT2D eigenvalue weighted by atomic mass is 9.96. The molecule has 0 aliphatic heterocycles. The third-order valence-electron chi connectivity index (χ3n) is 2.88. The lowest BCUT2D eigenvalue weighted by Gasteiger charge is -2.12. The van der Waals surface area contributed by atoms with Gasteiger partial charge in [-0.25, -0.2) is 9.50 Å². The molecule has 0 fully saturated rings. The highest BCUT2D eigenvalue weighted by Crippen LogP contribution is 2.19. The number of rotatable bonds is 2. The molecule has 0 amide bonds. The molecule has 18 heavy (non-hydrogen) atoms. The highest BCUT2D eigenvalue weighted by molar-refractivity contribution is 5.97. The molecule has 1 aliphatic rings. The maximum absolute atomic E-state index is 11.7. The van der Waals surface area contributed by atoms with E-state index >= 15 is 0 Å². The number of nitrogens with zero attached hydrogens (tertiary/aromatic N) is 4. The van der Waals surface area contributed by atoms with Crippen molar-refractivity contribution in [1.29, 1.82) is 0 Å². The average molecular weight is 246 g/mol. The third-order valence-corrected chi connectivity index (χ3v) is 2.88. The Kier molecular flexibility index (Phi) is 2.32. The molecule has 0 radical (unpaired) electrons. The number of ketones is 1. The van der Waals surface area contributed by atoms with E-state index in [1.165, 1.54) is 4.52 Å². The number of carboxylic acids is 1. The molecule has 3 rings (SSSR count). The molecule has 7 heteroatoms. The molecule has 0 atom stereocenters. The summed E-state index contributed by atoms with van der Waals surface area (Å²) in [4.78, 5) is 30.6. The van der Waals surface area contributed by atoms with Gasteiger partial charge in [0.05, 0.1) is 11.3 Å². The molecule has 0 saturated heterocycles. The number of carboxylic acid groups (broad SMARTS) is 1. The highest BCUT2D eigenvalue weighted by atomic mass is 16.4. The van der Waals surface area contributed by atoms with Crippen LogP contribution >= 0.6 is 0 Å².